The number of likely N-dealkylation sites (tertiary alicyclic amines) is 1. The summed E-state index contributed by atoms with van der Waals surface area (Å²) >= 11 is 0. The molecule has 0 saturated carbocycles. The summed E-state index contributed by atoms with van der Waals surface area (Å²) in [5.74, 6) is -0.839. The number of carboxylic acid groups (broad SMARTS) is 1. The van der Waals surface area contributed by atoms with Gasteiger partial charge in [0.25, 0.3) is 0 Å². The Kier molecular flexibility index (Phi) is 6.84. The number of carboxylic acids is 1. The van der Waals surface area contributed by atoms with Gasteiger partial charge < -0.3 is 10.0 Å². The van der Waals surface area contributed by atoms with E-state index in [0.29, 0.717) is 12.5 Å². The maximum absolute atomic E-state index is 12.2. The van der Waals surface area contributed by atoms with E-state index in [-0.39, 0.29) is 12.5 Å². The van der Waals surface area contributed by atoms with Crippen molar-refractivity contribution in [2.45, 2.75) is 64.5 Å². The average Bonchev–Trinajstić information content (AvgIpc) is 2.42. The summed E-state index contributed by atoms with van der Waals surface area (Å²) in [4.78, 5) is 25.1. The molecule has 1 rings (SSSR count). The van der Waals surface area contributed by atoms with Gasteiger partial charge in [-0.15, -0.1) is 0 Å². The number of amides is 1. The minimum Gasteiger partial charge on any atom is -0.480 e. The highest BCUT2D eigenvalue weighted by Crippen LogP contribution is 2.19. The Morgan fingerprint density at radius 2 is 2.11 bits per heavy atom. The molecule has 1 aliphatic rings. The first-order valence-electron chi connectivity index (χ1n) is 7.35. The molecular formula is C14H26N2O3. The van der Waals surface area contributed by atoms with Crippen LogP contribution in [0.5, 0.6) is 0 Å². The van der Waals surface area contributed by atoms with E-state index in [1.807, 2.05) is 11.8 Å². The maximum Gasteiger partial charge on any atom is 0.320 e. The zero-order valence-electron chi connectivity index (χ0n) is 12.0. The smallest absolute Gasteiger partial charge is 0.320 e. The zero-order valence-corrected chi connectivity index (χ0v) is 12.0. The molecule has 1 heterocycles. The van der Waals surface area contributed by atoms with Gasteiger partial charge in [-0.2, -0.15) is 0 Å². The van der Waals surface area contributed by atoms with E-state index >= 15 is 0 Å². The fraction of sp³-hybridized carbons (Fsp3) is 0.857. The van der Waals surface area contributed by atoms with Crippen LogP contribution in [0.25, 0.3) is 0 Å². The molecule has 110 valence electrons. The van der Waals surface area contributed by atoms with Crippen molar-refractivity contribution in [1.29, 1.82) is 0 Å². The number of carbonyl (C=O) groups excluding carboxylic acids is 1. The highest BCUT2D eigenvalue weighted by atomic mass is 16.4. The fourth-order valence-electron chi connectivity index (χ4n) is 2.67. The van der Waals surface area contributed by atoms with E-state index in [1.54, 1.807) is 0 Å². The third-order valence-electron chi connectivity index (χ3n) is 3.79. The summed E-state index contributed by atoms with van der Waals surface area (Å²) in [6.45, 7) is 4.98. The van der Waals surface area contributed by atoms with Crippen molar-refractivity contribution in [3.05, 3.63) is 0 Å². The highest BCUT2D eigenvalue weighted by Gasteiger charge is 2.26. The standard InChI is InChI=1S/C14H26N2O3/c1-3-7-12(14(18)19)15-10-13(17)16-9-6-5-8-11(16)4-2/h11-12,15H,3-10H2,1-2H3,(H,18,19). The van der Waals surface area contributed by atoms with E-state index in [9.17, 15) is 9.59 Å². The Balaban J connectivity index is 2.46. The lowest BCUT2D eigenvalue weighted by Gasteiger charge is -2.35. The summed E-state index contributed by atoms with van der Waals surface area (Å²) in [7, 11) is 0. The van der Waals surface area contributed by atoms with E-state index in [1.165, 1.54) is 6.42 Å². The molecule has 0 radical (unpaired) electrons. The first-order valence-corrected chi connectivity index (χ1v) is 7.35. The number of hydrogen-bond acceptors (Lipinski definition) is 3. The number of carbonyl (C=O) groups is 2. The van der Waals surface area contributed by atoms with Crippen molar-refractivity contribution in [3.63, 3.8) is 0 Å². The largest absolute Gasteiger partial charge is 0.480 e. The second-order valence-corrected chi connectivity index (χ2v) is 5.21. The van der Waals surface area contributed by atoms with Gasteiger partial charge in [0.15, 0.2) is 0 Å². The quantitative estimate of drug-likeness (QED) is 0.737. The van der Waals surface area contributed by atoms with Crippen molar-refractivity contribution in [2.24, 2.45) is 0 Å². The summed E-state index contributed by atoms with van der Waals surface area (Å²) in [6, 6.07) is -0.281. The molecule has 1 saturated heterocycles. The average molecular weight is 270 g/mol. The number of rotatable bonds is 7. The number of hydrogen-bond donors (Lipinski definition) is 2. The molecule has 1 fully saturated rings. The Morgan fingerprint density at radius 1 is 1.37 bits per heavy atom. The molecule has 19 heavy (non-hydrogen) atoms. The first kappa shape index (κ1) is 16.0. The van der Waals surface area contributed by atoms with Crippen molar-refractivity contribution < 1.29 is 14.7 Å². The van der Waals surface area contributed by atoms with Crippen LogP contribution >= 0.6 is 0 Å². The van der Waals surface area contributed by atoms with Crippen LogP contribution in [0.3, 0.4) is 0 Å². The van der Waals surface area contributed by atoms with Gasteiger partial charge in [0.05, 0.1) is 6.54 Å². The van der Waals surface area contributed by atoms with Gasteiger partial charge in [0, 0.05) is 12.6 Å². The summed E-state index contributed by atoms with van der Waals surface area (Å²) in [5, 5.41) is 11.9. The third kappa shape index (κ3) is 4.82. The number of nitrogens with one attached hydrogen (secondary N) is 1. The molecule has 0 aromatic rings. The van der Waals surface area contributed by atoms with Crippen LogP contribution in [0.15, 0.2) is 0 Å². The molecular weight excluding hydrogens is 244 g/mol. The third-order valence-corrected chi connectivity index (χ3v) is 3.79. The van der Waals surface area contributed by atoms with Gasteiger partial charge in [-0.05, 0) is 32.1 Å². The lowest BCUT2D eigenvalue weighted by Crippen LogP contribution is -2.49. The van der Waals surface area contributed by atoms with Crippen LogP contribution in [-0.2, 0) is 9.59 Å². The summed E-state index contributed by atoms with van der Waals surface area (Å²) in [6.07, 6.45) is 5.63. The van der Waals surface area contributed by atoms with Gasteiger partial charge in [-0.3, -0.25) is 14.9 Å². The Hall–Kier alpha value is -1.10. The van der Waals surface area contributed by atoms with Gasteiger partial charge in [-0.1, -0.05) is 20.3 Å². The summed E-state index contributed by atoms with van der Waals surface area (Å²) in [5.41, 5.74) is 0. The second kappa shape index (κ2) is 8.15. The van der Waals surface area contributed by atoms with Crippen molar-refractivity contribution in [3.8, 4) is 0 Å². The first-order chi connectivity index (χ1) is 9.10. The normalized spacial score (nSPS) is 21.2. The minimum atomic E-state index is -0.875. The van der Waals surface area contributed by atoms with Gasteiger partial charge >= 0.3 is 5.97 Å². The molecule has 0 aromatic carbocycles. The number of piperidine rings is 1. The van der Waals surface area contributed by atoms with Crippen LogP contribution < -0.4 is 5.32 Å². The molecule has 2 unspecified atom stereocenters. The Bertz CT molecular complexity index is 307. The van der Waals surface area contributed by atoms with E-state index in [2.05, 4.69) is 12.2 Å². The molecule has 0 aliphatic carbocycles. The highest BCUT2D eigenvalue weighted by molar-refractivity contribution is 5.80. The molecule has 0 aromatic heterocycles. The van der Waals surface area contributed by atoms with Crippen LogP contribution in [0.1, 0.15) is 52.4 Å². The molecule has 1 aliphatic heterocycles. The van der Waals surface area contributed by atoms with Crippen LogP contribution in [0, 0.1) is 0 Å². The molecule has 0 spiro atoms. The second-order valence-electron chi connectivity index (χ2n) is 5.21. The minimum absolute atomic E-state index is 0.0360. The van der Waals surface area contributed by atoms with E-state index in [0.717, 1.165) is 32.2 Å². The molecule has 2 atom stereocenters. The predicted octanol–water partition coefficient (Wildman–Crippen LogP) is 1.62. The van der Waals surface area contributed by atoms with Gasteiger partial charge in [-0.25, -0.2) is 0 Å². The predicted molar refractivity (Wildman–Crippen MR) is 74.0 cm³/mol. The van der Waals surface area contributed by atoms with E-state index < -0.39 is 12.0 Å². The van der Waals surface area contributed by atoms with Crippen LogP contribution in [-0.4, -0.2) is 47.1 Å². The Labute approximate surface area is 115 Å². The van der Waals surface area contributed by atoms with E-state index in [4.69, 9.17) is 5.11 Å². The SMILES string of the molecule is CCCC(NCC(=O)N1CCCCC1CC)C(=O)O. The fourth-order valence-corrected chi connectivity index (χ4v) is 2.67. The summed E-state index contributed by atoms with van der Waals surface area (Å²) < 4.78 is 0. The molecule has 5 nitrogen and oxygen atoms in total. The topological polar surface area (TPSA) is 69.6 Å². The van der Waals surface area contributed by atoms with Crippen molar-refractivity contribution >= 4 is 11.9 Å². The van der Waals surface area contributed by atoms with Crippen molar-refractivity contribution in [1.82, 2.24) is 10.2 Å². The van der Waals surface area contributed by atoms with Gasteiger partial charge in [0.2, 0.25) is 5.91 Å². The molecule has 0 bridgehead atoms. The Morgan fingerprint density at radius 3 is 2.68 bits per heavy atom. The zero-order chi connectivity index (χ0) is 14.3. The molecule has 5 heteroatoms. The number of nitrogens with zero attached hydrogens (tertiary/aromatic N) is 1. The van der Waals surface area contributed by atoms with Gasteiger partial charge in [0.1, 0.15) is 6.04 Å². The lowest BCUT2D eigenvalue weighted by molar-refractivity contribution is -0.140. The molecule has 1 amide bonds. The molecule has 2 N–H and O–H groups in total. The monoisotopic (exact) mass is 270 g/mol. The van der Waals surface area contributed by atoms with Crippen molar-refractivity contribution in [2.75, 3.05) is 13.1 Å². The maximum atomic E-state index is 12.2. The van der Waals surface area contributed by atoms with Crippen LogP contribution in [0.2, 0.25) is 0 Å². The van der Waals surface area contributed by atoms with Crippen LogP contribution in [0.4, 0.5) is 0 Å². The lowest BCUT2D eigenvalue weighted by atomic mass is 10.00. The number of aliphatic carboxylic acids is 1.